The zero-order chi connectivity index (χ0) is 14.3. The lowest BCUT2D eigenvalue weighted by Crippen LogP contribution is -2.31. The third-order valence-corrected chi connectivity index (χ3v) is 4.11. The normalized spacial score (nSPS) is 11.3. The average molecular weight is 304 g/mol. The summed E-state index contributed by atoms with van der Waals surface area (Å²) in [6, 6.07) is 0.542. The molecule has 0 aliphatic heterocycles. The third-order valence-electron chi connectivity index (χ3n) is 2.94. The van der Waals surface area contributed by atoms with E-state index in [1.807, 2.05) is 5.38 Å². The number of aromatic nitrogens is 1. The highest BCUT2D eigenvalue weighted by molar-refractivity contribution is 7.09. The summed E-state index contributed by atoms with van der Waals surface area (Å²) in [5.74, 6) is 0.433. The van der Waals surface area contributed by atoms with Crippen LogP contribution in [0.1, 0.15) is 31.0 Å². The highest BCUT2D eigenvalue weighted by atomic mass is 35.5. The number of rotatable bonds is 8. The van der Waals surface area contributed by atoms with Gasteiger partial charge < -0.3 is 10.2 Å². The molecule has 19 heavy (non-hydrogen) atoms. The Hall–Kier alpha value is -0.650. The molecule has 0 saturated heterocycles. The molecule has 1 aromatic rings. The lowest BCUT2D eigenvalue weighted by atomic mass is 10.3. The van der Waals surface area contributed by atoms with Crippen LogP contribution in [0, 0.1) is 0 Å². The largest absolute Gasteiger partial charge is 0.356 e. The molecule has 0 saturated carbocycles. The minimum absolute atomic E-state index is 0.0303. The molecule has 0 radical (unpaired) electrons. The van der Waals surface area contributed by atoms with Gasteiger partial charge in [0.1, 0.15) is 5.01 Å². The van der Waals surface area contributed by atoms with E-state index in [0.29, 0.717) is 24.9 Å². The number of nitrogens with zero attached hydrogens (tertiary/aromatic N) is 2. The Labute approximate surface area is 124 Å². The van der Waals surface area contributed by atoms with Crippen LogP contribution >= 0.6 is 22.9 Å². The van der Waals surface area contributed by atoms with Crippen molar-refractivity contribution in [1.29, 1.82) is 0 Å². The minimum atomic E-state index is 0.0303. The topological polar surface area (TPSA) is 45.2 Å². The molecule has 0 aliphatic carbocycles. The zero-order valence-corrected chi connectivity index (χ0v) is 13.4. The highest BCUT2D eigenvalue weighted by Gasteiger charge is 2.08. The summed E-state index contributed by atoms with van der Waals surface area (Å²) in [5.41, 5.74) is 0.841. The number of amides is 1. The van der Waals surface area contributed by atoms with Crippen molar-refractivity contribution in [2.45, 2.75) is 38.6 Å². The fourth-order valence-electron chi connectivity index (χ4n) is 1.51. The number of thiazole rings is 1. The molecule has 6 heteroatoms. The van der Waals surface area contributed by atoms with Crippen LogP contribution in [0.15, 0.2) is 5.38 Å². The van der Waals surface area contributed by atoms with Crippen molar-refractivity contribution in [2.24, 2.45) is 0 Å². The molecule has 0 atom stereocenters. The number of carbonyl (C=O) groups is 1. The Morgan fingerprint density at radius 1 is 1.58 bits per heavy atom. The Morgan fingerprint density at radius 2 is 2.32 bits per heavy atom. The molecule has 4 nitrogen and oxygen atoms in total. The molecule has 1 aromatic heterocycles. The van der Waals surface area contributed by atoms with E-state index in [-0.39, 0.29) is 5.91 Å². The fraction of sp³-hybridized carbons (Fsp3) is 0.692. The first-order valence-electron chi connectivity index (χ1n) is 6.49. The van der Waals surface area contributed by atoms with Crippen molar-refractivity contribution < 1.29 is 4.79 Å². The summed E-state index contributed by atoms with van der Waals surface area (Å²) >= 11 is 7.16. The third kappa shape index (κ3) is 6.36. The van der Waals surface area contributed by atoms with Gasteiger partial charge >= 0.3 is 0 Å². The number of nitrogens with one attached hydrogen (secondary N) is 1. The van der Waals surface area contributed by atoms with Crippen LogP contribution < -0.4 is 5.32 Å². The number of halogens is 1. The Balaban J connectivity index is 2.18. The van der Waals surface area contributed by atoms with E-state index >= 15 is 0 Å². The van der Waals surface area contributed by atoms with Crippen molar-refractivity contribution in [1.82, 2.24) is 15.2 Å². The van der Waals surface area contributed by atoms with Crippen molar-refractivity contribution in [3.63, 3.8) is 0 Å². The Bertz CT molecular complexity index is 395. The van der Waals surface area contributed by atoms with Gasteiger partial charge in [-0.3, -0.25) is 4.79 Å². The van der Waals surface area contributed by atoms with E-state index in [2.05, 4.69) is 36.1 Å². The van der Waals surface area contributed by atoms with Gasteiger partial charge in [-0.2, -0.15) is 0 Å². The predicted molar refractivity (Wildman–Crippen MR) is 80.8 cm³/mol. The van der Waals surface area contributed by atoms with E-state index in [1.165, 1.54) is 11.3 Å². The van der Waals surface area contributed by atoms with Crippen LogP contribution in [0.2, 0.25) is 0 Å². The van der Waals surface area contributed by atoms with Crippen LogP contribution in [-0.4, -0.2) is 42.0 Å². The molecule has 1 rings (SSSR count). The molecule has 1 amide bonds. The number of alkyl halides is 1. The van der Waals surface area contributed by atoms with Crippen LogP contribution in [-0.2, 0) is 17.1 Å². The molecular formula is C13H22ClN3OS. The fourth-order valence-corrected chi connectivity index (χ4v) is 2.53. The minimum Gasteiger partial charge on any atom is -0.356 e. The van der Waals surface area contributed by atoms with E-state index in [1.54, 1.807) is 0 Å². The summed E-state index contributed by atoms with van der Waals surface area (Å²) in [5, 5.41) is 5.64. The van der Waals surface area contributed by atoms with Crippen LogP contribution in [0.3, 0.4) is 0 Å². The molecule has 1 heterocycles. The summed E-state index contributed by atoms with van der Waals surface area (Å²) in [4.78, 5) is 18.2. The molecule has 0 spiro atoms. The van der Waals surface area contributed by atoms with Gasteiger partial charge in [0.05, 0.1) is 18.0 Å². The maximum absolute atomic E-state index is 11.7. The van der Waals surface area contributed by atoms with Gasteiger partial charge in [-0.25, -0.2) is 4.98 Å². The van der Waals surface area contributed by atoms with E-state index in [4.69, 9.17) is 11.6 Å². The van der Waals surface area contributed by atoms with Gasteiger partial charge in [-0.1, -0.05) is 0 Å². The summed E-state index contributed by atoms with van der Waals surface area (Å²) in [7, 11) is 2.09. The van der Waals surface area contributed by atoms with Gasteiger partial charge in [0.2, 0.25) is 5.91 Å². The predicted octanol–water partition coefficient (Wildman–Crippen LogP) is 2.27. The van der Waals surface area contributed by atoms with E-state index < -0.39 is 0 Å². The van der Waals surface area contributed by atoms with Crippen molar-refractivity contribution in [2.75, 3.05) is 20.1 Å². The molecule has 108 valence electrons. The number of hydrogen-bond donors (Lipinski definition) is 1. The second kappa shape index (κ2) is 8.51. The van der Waals surface area contributed by atoms with Gasteiger partial charge in [0, 0.05) is 18.0 Å². The number of hydrogen-bond acceptors (Lipinski definition) is 4. The summed E-state index contributed by atoms with van der Waals surface area (Å²) < 4.78 is 0. The molecular weight excluding hydrogens is 282 g/mol. The summed E-state index contributed by atoms with van der Waals surface area (Å²) in [6.07, 6.45) is 1.31. The van der Waals surface area contributed by atoms with Gasteiger partial charge in [0.15, 0.2) is 0 Å². The lowest BCUT2D eigenvalue weighted by molar-refractivity contribution is -0.120. The van der Waals surface area contributed by atoms with Crippen LogP contribution in [0.5, 0.6) is 0 Å². The highest BCUT2D eigenvalue weighted by Crippen LogP contribution is 2.11. The SMILES string of the molecule is CC(C)N(C)CCCNC(=O)Cc1nc(CCl)cs1. The quantitative estimate of drug-likeness (QED) is 0.592. The van der Waals surface area contributed by atoms with Crippen molar-refractivity contribution in [3.05, 3.63) is 16.1 Å². The second-order valence-corrected chi connectivity index (χ2v) is 6.03. The standard InChI is InChI=1S/C13H22ClN3OS/c1-10(2)17(3)6-4-5-15-12(18)7-13-16-11(8-14)9-19-13/h9-10H,4-8H2,1-3H3,(H,15,18). The van der Waals surface area contributed by atoms with Gasteiger partial charge in [-0.15, -0.1) is 22.9 Å². The zero-order valence-electron chi connectivity index (χ0n) is 11.8. The number of carbonyl (C=O) groups excluding carboxylic acids is 1. The smallest absolute Gasteiger partial charge is 0.226 e. The average Bonchev–Trinajstić information content (AvgIpc) is 2.81. The Morgan fingerprint density at radius 3 is 2.89 bits per heavy atom. The lowest BCUT2D eigenvalue weighted by Gasteiger charge is -2.20. The molecule has 0 aliphatic rings. The maximum Gasteiger partial charge on any atom is 0.226 e. The Kier molecular flexibility index (Phi) is 7.34. The van der Waals surface area contributed by atoms with Crippen molar-refractivity contribution >= 4 is 28.8 Å². The maximum atomic E-state index is 11.7. The first-order chi connectivity index (χ1) is 9.02. The first kappa shape index (κ1) is 16.4. The first-order valence-corrected chi connectivity index (χ1v) is 7.90. The molecule has 0 fully saturated rings. The van der Waals surface area contributed by atoms with E-state index in [0.717, 1.165) is 23.7 Å². The van der Waals surface area contributed by atoms with Crippen molar-refractivity contribution in [3.8, 4) is 0 Å². The monoisotopic (exact) mass is 303 g/mol. The molecule has 1 N–H and O–H groups in total. The molecule has 0 unspecified atom stereocenters. The second-order valence-electron chi connectivity index (χ2n) is 4.82. The van der Waals surface area contributed by atoms with Crippen LogP contribution in [0.25, 0.3) is 0 Å². The van der Waals surface area contributed by atoms with Gasteiger partial charge in [-0.05, 0) is 33.9 Å². The molecule has 0 bridgehead atoms. The van der Waals surface area contributed by atoms with Gasteiger partial charge in [0.25, 0.3) is 0 Å². The van der Waals surface area contributed by atoms with Crippen LogP contribution in [0.4, 0.5) is 0 Å². The molecule has 0 aromatic carbocycles. The van der Waals surface area contributed by atoms with E-state index in [9.17, 15) is 4.79 Å². The summed E-state index contributed by atoms with van der Waals surface area (Å²) in [6.45, 7) is 6.03.